The van der Waals surface area contributed by atoms with Gasteiger partial charge in [-0.3, -0.25) is 4.79 Å². The summed E-state index contributed by atoms with van der Waals surface area (Å²) >= 11 is 0. The number of nitrogens with zero attached hydrogens (tertiary/aromatic N) is 1. The van der Waals surface area contributed by atoms with E-state index in [1.54, 1.807) is 4.90 Å². The van der Waals surface area contributed by atoms with Gasteiger partial charge in [0.15, 0.2) is 0 Å². The first-order chi connectivity index (χ1) is 8.95. The summed E-state index contributed by atoms with van der Waals surface area (Å²) < 4.78 is 0. The molecule has 1 fully saturated rings. The largest absolute Gasteiger partial charge is 0.481 e. The van der Waals surface area contributed by atoms with E-state index in [9.17, 15) is 9.59 Å². The molecule has 2 amide bonds. The first-order valence-electron chi connectivity index (χ1n) is 6.30. The van der Waals surface area contributed by atoms with Crippen LogP contribution in [-0.2, 0) is 4.79 Å². The third-order valence-electron chi connectivity index (χ3n) is 3.34. The molecule has 1 aliphatic rings. The normalized spacial score (nSPS) is 14.9. The van der Waals surface area contributed by atoms with Crippen molar-refractivity contribution in [3.8, 4) is 0 Å². The number of amides is 2. The second kappa shape index (κ2) is 5.30. The van der Waals surface area contributed by atoms with Crippen molar-refractivity contribution in [1.29, 1.82) is 0 Å². The molecular formula is C14H18N2O3. The topological polar surface area (TPSA) is 69.6 Å². The van der Waals surface area contributed by atoms with Gasteiger partial charge in [-0.25, -0.2) is 4.79 Å². The number of hydrogen-bond donors (Lipinski definition) is 2. The van der Waals surface area contributed by atoms with Crippen LogP contribution in [0.15, 0.2) is 18.2 Å². The Morgan fingerprint density at radius 2 is 2.05 bits per heavy atom. The minimum absolute atomic E-state index is 0.0851. The predicted molar refractivity (Wildman–Crippen MR) is 72.3 cm³/mol. The lowest BCUT2D eigenvalue weighted by Gasteiger charge is -2.38. The fraction of sp³-hybridized carbons (Fsp3) is 0.429. The van der Waals surface area contributed by atoms with E-state index < -0.39 is 5.97 Å². The number of carbonyl (C=O) groups excluding carboxylic acids is 1. The number of aliphatic carboxylic acids is 1. The number of carbonyl (C=O) groups is 2. The molecule has 0 saturated carbocycles. The van der Waals surface area contributed by atoms with E-state index in [0.717, 1.165) is 16.8 Å². The maximum atomic E-state index is 12.0. The summed E-state index contributed by atoms with van der Waals surface area (Å²) in [6.45, 7) is 4.95. The van der Waals surface area contributed by atoms with Gasteiger partial charge >= 0.3 is 12.0 Å². The Balaban J connectivity index is 1.89. The smallest absolute Gasteiger partial charge is 0.321 e. The van der Waals surface area contributed by atoms with Crippen molar-refractivity contribution in [3.05, 3.63) is 29.3 Å². The minimum Gasteiger partial charge on any atom is -0.481 e. The van der Waals surface area contributed by atoms with Crippen molar-refractivity contribution in [2.75, 3.05) is 18.4 Å². The third kappa shape index (κ3) is 3.24. The van der Waals surface area contributed by atoms with Crippen molar-refractivity contribution in [3.63, 3.8) is 0 Å². The van der Waals surface area contributed by atoms with Gasteiger partial charge in [-0.2, -0.15) is 0 Å². The van der Waals surface area contributed by atoms with Gasteiger partial charge in [0, 0.05) is 24.7 Å². The molecule has 5 nitrogen and oxygen atoms in total. The van der Waals surface area contributed by atoms with Crippen LogP contribution < -0.4 is 5.32 Å². The van der Waals surface area contributed by atoms with Crippen LogP contribution in [0, 0.1) is 19.8 Å². The highest BCUT2D eigenvalue weighted by Gasteiger charge is 2.32. The average molecular weight is 262 g/mol. The number of anilines is 1. The van der Waals surface area contributed by atoms with Gasteiger partial charge in [-0.1, -0.05) is 12.1 Å². The van der Waals surface area contributed by atoms with E-state index in [4.69, 9.17) is 5.11 Å². The van der Waals surface area contributed by atoms with Crippen LogP contribution in [0.3, 0.4) is 0 Å². The van der Waals surface area contributed by atoms with Crippen LogP contribution in [0.5, 0.6) is 0 Å². The highest BCUT2D eigenvalue weighted by Crippen LogP contribution is 2.22. The number of aryl methyl sites for hydroxylation is 2. The van der Waals surface area contributed by atoms with Gasteiger partial charge in [-0.15, -0.1) is 0 Å². The molecule has 1 aromatic carbocycles. The molecule has 0 bridgehead atoms. The molecule has 0 aromatic heterocycles. The van der Waals surface area contributed by atoms with Crippen LogP contribution in [0.4, 0.5) is 10.5 Å². The summed E-state index contributed by atoms with van der Waals surface area (Å²) in [6, 6.07) is 5.74. The molecule has 5 heteroatoms. The van der Waals surface area contributed by atoms with Crippen LogP contribution >= 0.6 is 0 Å². The van der Waals surface area contributed by atoms with Gasteiger partial charge in [-0.05, 0) is 31.0 Å². The van der Waals surface area contributed by atoms with Gasteiger partial charge in [0.2, 0.25) is 0 Å². The van der Waals surface area contributed by atoms with E-state index >= 15 is 0 Å². The fourth-order valence-corrected chi connectivity index (χ4v) is 2.18. The summed E-state index contributed by atoms with van der Waals surface area (Å²) in [5.74, 6) is -0.721. The van der Waals surface area contributed by atoms with E-state index in [1.807, 2.05) is 32.0 Å². The quantitative estimate of drug-likeness (QED) is 0.877. The van der Waals surface area contributed by atoms with E-state index in [0.29, 0.717) is 13.1 Å². The lowest BCUT2D eigenvalue weighted by molar-refractivity contribution is -0.139. The molecule has 2 N–H and O–H groups in total. The first kappa shape index (κ1) is 13.4. The Morgan fingerprint density at radius 1 is 1.37 bits per heavy atom. The van der Waals surface area contributed by atoms with Crippen molar-refractivity contribution in [2.45, 2.75) is 20.3 Å². The van der Waals surface area contributed by atoms with Crippen LogP contribution in [-0.4, -0.2) is 35.1 Å². The predicted octanol–water partition coefficient (Wildman–Crippen LogP) is 2.24. The monoisotopic (exact) mass is 262 g/mol. The SMILES string of the molecule is Cc1ccc(C)c(NC(=O)N2CC(CC(=O)O)C2)c1. The second-order valence-corrected chi connectivity index (χ2v) is 5.12. The number of hydrogen-bond acceptors (Lipinski definition) is 2. The van der Waals surface area contributed by atoms with Crippen molar-refractivity contribution >= 4 is 17.7 Å². The Hall–Kier alpha value is -2.04. The lowest BCUT2D eigenvalue weighted by atomic mass is 9.97. The third-order valence-corrected chi connectivity index (χ3v) is 3.34. The molecule has 1 aromatic rings. The summed E-state index contributed by atoms with van der Waals surface area (Å²) in [5, 5.41) is 11.5. The Bertz CT molecular complexity index is 507. The molecule has 102 valence electrons. The molecule has 1 saturated heterocycles. The standard InChI is InChI=1S/C14H18N2O3/c1-9-3-4-10(2)12(5-9)15-14(19)16-7-11(8-16)6-13(17)18/h3-5,11H,6-8H2,1-2H3,(H,15,19)(H,17,18). The number of carboxylic acid groups (broad SMARTS) is 1. The van der Waals surface area contributed by atoms with Crippen molar-refractivity contribution in [2.24, 2.45) is 5.92 Å². The van der Waals surface area contributed by atoms with Crippen LogP contribution in [0.2, 0.25) is 0 Å². The van der Waals surface area contributed by atoms with Gasteiger partial charge < -0.3 is 15.3 Å². The summed E-state index contributed by atoms with van der Waals surface area (Å²) in [4.78, 5) is 24.1. The number of nitrogens with one attached hydrogen (secondary N) is 1. The minimum atomic E-state index is -0.806. The van der Waals surface area contributed by atoms with Gasteiger partial charge in [0.05, 0.1) is 6.42 Å². The van der Waals surface area contributed by atoms with Crippen molar-refractivity contribution < 1.29 is 14.7 Å². The molecule has 1 aliphatic heterocycles. The summed E-state index contributed by atoms with van der Waals surface area (Å²) in [7, 11) is 0. The molecular weight excluding hydrogens is 244 g/mol. The number of rotatable bonds is 3. The molecule has 0 spiro atoms. The zero-order valence-electron chi connectivity index (χ0n) is 11.1. The van der Waals surface area contributed by atoms with E-state index in [2.05, 4.69) is 5.32 Å². The van der Waals surface area contributed by atoms with E-state index in [-0.39, 0.29) is 18.4 Å². The second-order valence-electron chi connectivity index (χ2n) is 5.12. The highest BCUT2D eigenvalue weighted by atomic mass is 16.4. The van der Waals surface area contributed by atoms with Crippen LogP contribution in [0.25, 0.3) is 0 Å². The molecule has 2 rings (SSSR count). The Labute approximate surface area is 112 Å². The van der Waals surface area contributed by atoms with Crippen LogP contribution in [0.1, 0.15) is 17.5 Å². The number of benzene rings is 1. The molecule has 0 unspecified atom stereocenters. The van der Waals surface area contributed by atoms with E-state index in [1.165, 1.54) is 0 Å². The molecule has 0 aliphatic carbocycles. The van der Waals surface area contributed by atoms with Gasteiger partial charge in [0.25, 0.3) is 0 Å². The maximum Gasteiger partial charge on any atom is 0.321 e. The molecule has 19 heavy (non-hydrogen) atoms. The Kier molecular flexibility index (Phi) is 3.74. The number of urea groups is 1. The molecule has 0 radical (unpaired) electrons. The zero-order chi connectivity index (χ0) is 14.0. The molecule has 1 heterocycles. The first-order valence-corrected chi connectivity index (χ1v) is 6.30. The maximum absolute atomic E-state index is 12.0. The Morgan fingerprint density at radius 3 is 2.68 bits per heavy atom. The molecule has 0 atom stereocenters. The lowest BCUT2D eigenvalue weighted by Crippen LogP contribution is -2.52. The average Bonchev–Trinajstić information content (AvgIpc) is 2.27. The van der Waals surface area contributed by atoms with Gasteiger partial charge in [0.1, 0.15) is 0 Å². The summed E-state index contributed by atoms with van der Waals surface area (Å²) in [6.07, 6.45) is 0.132. The van der Waals surface area contributed by atoms with Crippen molar-refractivity contribution in [1.82, 2.24) is 4.90 Å². The fourth-order valence-electron chi connectivity index (χ4n) is 2.18. The highest BCUT2D eigenvalue weighted by molar-refractivity contribution is 5.90. The number of carboxylic acids is 1. The zero-order valence-corrected chi connectivity index (χ0v) is 11.1. The number of likely N-dealkylation sites (tertiary alicyclic amines) is 1. The summed E-state index contributed by atoms with van der Waals surface area (Å²) in [5.41, 5.74) is 2.92.